The molecule has 2 N–H and O–H groups in total. The monoisotopic (exact) mass is 147 g/mol. The summed E-state index contributed by atoms with van der Waals surface area (Å²) in [6.07, 6.45) is 0.652. The molecular weight excluding hydrogens is 144 g/mol. The number of H-pyrrole nitrogens is 1. The van der Waals surface area contributed by atoms with Crippen LogP contribution < -0.4 is 0 Å². The van der Waals surface area contributed by atoms with E-state index in [1.807, 2.05) is 4.98 Å². The van der Waals surface area contributed by atoms with Crippen LogP contribution in [0, 0.1) is 11.6 Å². The molecule has 54 valence electrons. The second-order valence-electron chi connectivity index (χ2n) is 1.63. The largest absolute Gasteiger partial charge is 0.476 e. The molecule has 10 heavy (non-hydrogen) atoms. The molecule has 0 unspecified atom stereocenters. The fourth-order valence-electron chi connectivity index (χ4n) is 0.537. The highest BCUT2D eigenvalue weighted by Gasteiger charge is 2.15. The van der Waals surface area contributed by atoms with Crippen molar-refractivity contribution in [2.45, 2.75) is 0 Å². The van der Waals surface area contributed by atoms with Gasteiger partial charge in [-0.2, -0.15) is 0 Å². The van der Waals surface area contributed by atoms with Crippen molar-refractivity contribution in [2.24, 2.45) is 0 Å². The molecule has 5 heteroatoms. The molecule has 1 aromatic heterocycles. The summed E-state index contributed by atoms with van der Waals surface area (Å²) in [6, 6.07) is 0. The molecule has 0 radical (unpaired) electrons. The molecule has 1 heterocycles. The van der Waals surface area contributed by atoms with Gasteiger partial charge in [0.1, 0.15) is 0 Å². The van der Waals surface area contributed by atoms with Gasteiger partial charge < -0.3 is 10.1 Å². The Bertz CT molecular complexity index is 269. The maximum atomic E-state index is 12.2. The minimum atomic E-state index is -1.51. The van der Waals surface area contributed by atoms with Crippen LogP contribution >= 0.6 is 0 Å². The van der Waals surface area contributed by atoms with Crippen molar-refractivity contribution >= 4 is 5.97 Å². The molecule has 0 saturated heterocycles. The number of aromatic carboxylic acids is 1. The lowest BCUT2D eigenvalue weighted by atomic mass is 10.4. The Labute approximate surface area is 54.3 Å². The SMILES string of the molecule is O=C(O)c1[nH]cc(F)c1F. The number of rotatable bonds is 1. The lowest BCUT2D eigenvalue weighted by molar-refractivity contribution is 0.0685. The molecule has 0 fully saturated rings. The van der Waals surface area contributed by atoms with E-state index >= 15 is 0 Å². The van der Waals surface area contributed by atoms with Gasteiger partial charge in [0.05, 0.1) is 0 Å². The van der Waals surface area contributed by atoms with E-state index in [-0.39, 0.29) is 0 Å². The Morgan fingerprint density at radius 3 is 2.40 bits per heavy atom. The predicted molar refractivity (Wildman–Crippen MR) is 27.7 cm³/mol. The third-order valence-electron chi connectivity index (χ3n) is 0.986. The van der Waals surface area contributed by atoms with Gasteiger partial charge in [-0.25, -0.2) is 13.6 Å². The average molecular weight is 147 g/mol. The summed E-state index contributed by atoms with van der Waals surface area (Å²) in [5, 5.41) is 8.14. The highest BCUT2D eigenvalue weighted by molar-refractivity contribution is 5.85. The number of aromatic nitrogens is 1. The average Bonchev–Trinajstić information content (AvgIpc) is 2.14. The van der Waals surface area contributed by atoms with Gasteiger partial charge in [0.15, 0.2) is 17.3 Å². The maximum absolute atomic E-state index is 12.2. The smallest absolute Gasteiger partial charge is 0.355 e. The summed E-state index contributed by atoms with van der Waals surface area (Å²) >= 11 is 0. The number of carboxylic acids is 1. The Balaban J connectivity index is 3.17. The van der Waals surface area contributed by atoms with E-state index in [9.17, 15) is 13.6 Å². The zero-order chi connectivity index (χ0) is 7.72. The van der Waals surface area contributed by atoms with Crippen LogP contribution in [-0.2, 0) is 0 Å². The summed E-state index contributed by atoms with van der Waals surface area (Å²) in [5.74, 6) is -4.05. The third-order valence-corrected chi connectivity index (χ3v) is 0.986. The molecular formula is C5H3F2NO2. The summed E-state index contributed by atoms with van der Waals surface area (Å²) in [7, 11) is 0. The van der Waals surface area contributed by atoms with E-state index in [1.54, 1.807) is 0 Å². The summed E-state index contributed by atoms with van der Waals surface area (Å²) in [6.45, 7) is 0. The Morgan fingerprint density at radius 2 is 2.20 bits per heavy atom. The summed E-state index contributed by atoms with van der Waals surface area (Å²) < 4.78 is 24.3. The van der Waals surface area contributed by atoms with Gasteiger partial charge in [-0.3, -0.25) is 0 Å². The van der Waals surface area contributed by atoms with E-state index in [2.05, 4.69) is 0 Å². The first-order valence-corrected chi connectivity index (χ1v) is 2.38. The van der Waals surface area contributed by atoms with Crippen LogP contribution in [0.5, 0.6) is 0 Å². The molecule has 0 bridgehead atoms. The Kier molecular flexibility index (Phi) is 1.41. The summed E-state index contributed by atoms with van der Waals surface area (Å²) in [5.41, 5.74) is -0.752. The van der Waals surface area contributed by atoms with E-state index in [0.29, 0.717) is 6.20 Å². The first-order chi connectivity index (χ1) is 4.63. The lowest BCUT2D eigenvalue weighted by Gasteiger charge is -1.84. The maximum Gasteiger partial charge on any atom is 0.355 e. The first-order valence-electron chi connectivity index (χ1n) is 2.38. The van der Waals surface area contributed by atoms with Crippen molar-refractivity contribution in [1.82, 2.24) is 4.98 Å². The number of nitrogens with one attached hydrogen (secondary N) is 1. The zero-order valence-electron chi connectivity index (χ0n) is 4.69. The van der Waals surface area contributed by atoms with Crippen molar-refractivity contribution in [3.63, 3.8) is 0 Å². The van der Waals surface area contributed by atoms with E-state index in [0.717, 1.165) is 0 Å². The van der Waals surface area contributed by atoms with Crippen molar-refractivity contribution in [1.29, 1.82) is 0 Å². The Morgan fingerprint density at radius 1 is 1.60 bits per heavy atom. The Hall–Kier alpha value is -1.39. The minimum Gasteiger partial charge on any atom is -0.476 e. The van der Waals surface area contributed by atoms with Crippen molar-refractivity contribution < 1.29 is 18.7 Å². The molecule has 0 saturated carbocycles. The molecule has 0 atom stereocenters. The molecule has 0 aliphatic rings. The molecule has 3 nitrogen and oxygen atoms in total. The number of hydrogen-bond donors (Lipinski definition) is 2. The number of aromatic amines is 1. The van der Waals surface area contributed by atoms with Crippen LogP contribution in [0.2, 0.25) is 0 Å². The van der Waals surface area contributed by atoms with Crippen molar-refractivity contribution in [3.05, 3.63) is 23.5 Å². The molecule has 1 rings (SSSR count). The predicted octanol–water partition coefficient (Wildman–Crippen LogP) is 0.991. The van der Waals surface area contributed by atoms with E-state index in [1.165, 1.54) is 0 Å². The highest BCUT2D eigenvalue weighted by atomic mass is 19.2. The topological polar surface area (TPSA) is 53.1 Å². The standard InChI is InChI=1S/C5H3F2NO2/c6-2-1-8-4(3(2)7)5(9)10/h1,8H,(H,9,10). The van der Waals surface area contributed by atoms with Crippen LogP contribution in [0.1, 0.15) is 10.5 Å². The number of carbonyl (C=O) groups is 1. The quantitative estimate of drug-likeness (QED) is 0.622. The highest BCUT2D eigenvalue weighted by Crippen LogP contribution is 2.08. The van der Waals surface area contributed by atoms with Crippen molar-refractivity contribution in [3.8, 4) is 0 Å². The van der Waals surface area contributed by atoms with Crippen LogP contribution in [0.3, 0.4) is 0 Å². The second kappa shape index (κ2) is 2.09. The van der Waals surface area contributed by atoms with Crippen LogP contribution in [0.4, 0.5) is 8.78 Å². The minimum absolute atomic E-state index is 0.652. The van der Waals surface area contributed by atoms with Crippen LogP contribution in [-0.4, -0.2) is 16.1 Å². The second-order valence-corrected chi connectivity index (χ2v) is 1.63. The van der Waals surface area contributed by atoms with Gasteiger partial charge in [0.25, 0.3) is 0 Å². The molecule has 0 aromatic carbocycles. The number of hydrogen-bond acceptors (Lipinski definition) is 1. The zero-order valence-corrected chi connectivity index (χ0v) is 4.69. The van der Waals surface area contributed by atoms with Gasteiger partial charge in [-0.05, 0) is 0 Å². The van der Waals surface area contributed by atoms with Gasteiger partial charge in [-0.15, -0.1) is 0 Å². The fraction of sp³-hybridized carbons (Fsp3) is 0. The number of halogens is 2. The van der Waals surface area contributed by atoms with Gasteiger partial charge in [0, 0.05) is 6.20 Å². The molecule has 0 amide bonds. The van der Waals surface area contributed by atoms with Crippen LogP contribution in [0.25, 0.3) is 0 Å². The van der Waals surface area contributed by atoms with E-state index in [4.69, 9.17) is 5.11 Å². The van der Waals surface area contributed by atoms with Gasteiger partial charge in [0.2, 0.25) is 0 Å². The third kappa shape index (κ3) is 0.854. The normalized spacial score (nSPS) is 9.80. The molecule has 0 aliphatic carbocycles. The van der Waals surface area contributed by atoms with Crippen LogP contribution in [0.15, 0.2) is 6.20 Å². The fourth-order valence-corrected chi connectivity index (χ4v) is 0.537. The number of carboxylic acid groups (broad SMARTS) is 1. The van der Waals surface area contributed by atoms with E-state index < -0.39 is 23.3 Å². The first kappa shape index (κ1) is 6.73. The van der Waals surface area contributed by atoms with Crippen molar-refractivity contribution in [2.75, 3.05) is 0 Å². The molecule has 0 aliphatic heterocycles. The summed E-state index contributed by atoms with van der Waals surface area (Å²) in [4.78, 5) is 11.9. The van der Waals surface area contributed by atoms with Gasteiger partial charge in [-0.1, -0.05) is 0 Å². The molecule has 0 spiro atoms. The lowest BCUT2D eigenvalue weighted by Crippen LogP contribution is -1.99. The van der Waals surface area contributed by atoms with Gasteiger partial charge >= 0.3 is 5.97 Å². The molecule has 1 aromatic rings.